The van der Waals surface area contributed by atoms with Crippen molar-refractivity contribution in [3.05, 3.63) is 78.1 Å². The summed E-state index contributed by atoms with van der Waals surface area (Å²) in [6, 6.07) is 16.0. The van der Waals surface area contributed by atoms with Crippen molar-refractivity contribution in [1.82, 2.24) is 19.4 Å². The molecule has 8 heteroatoms. The topological polar surface area (TPSA) is 84.3 Å². The summed E-state index contributed by atoms with van der Waals surface area (Å²) in [4.78, 5) is 12.8. The molecule has 4 rings (SSSR count). The Morgan fingerprint density at radius 3 is 2.45 bits per heavy atom. The van der Waals surface area contributed by atoms with Crippen molar-refractivity contribution < 1.29 is 13.2 Å². The molecule has 0 spiro atoms. The van der Waals surface area contributed by atoms with Crippen LogP contribution in [0.5, 0.6) is 0 Å². The third-order valence-electron chi connectivity index (χ3n) is 5.41. The van der Waals surface area contributed by atoms with Crippen LogP contribution in [0.15, 0.2) is 71.9 Å². The molecule has 0 bridgehead atoms. The van der Waals surface area contributed by atoms with Gasteiger partial charge in [0, 0.05) is 37.0 Å². The van der Waals surface area contributed by atoms with Gasteiger partial charge in [0.2, 0.25) is 10.0 Å². The van der Waals surface area contributed by atoms with E-state index in [0.29, 0.717) is 25.2 Å². The fourth-order valence-electron chi connectivity index (χ4n) is 3.69. The van der Waals surface area contributed by atoms with E-state index in [1.165, 1.54) is 10.4 Å². The summed E-state index contributed by atoms with van der Waals surface area (Å²) in [5, 5.41) is 7.17. The van der Waals surface area contributed by atoms with Gasteiger partial charge < -0.3 is 5.32 Å². The molecule has 1 saturated heterocycles. The Morgan fingerprint density at radius 2 is 1.71 bits per heavy atom. The van der Waals surface area contributed by atoms with Crippen molar-refractivity contribution in [2.45, 2.75) is 37.1 Å². The van der Waals surface area contributed by atoms with Crippen LogP contribution in [0, 0.1) is 0 Å². The number of carbonyl (C=O) groups excluding carboxylic acids is 1. The Bertz CT molecular complexity index is 1130. The molecule has 162 valence electrons. The molecule has 0 unspecified atom stereocenters. The minimum atomic E-state index is -3.60. The van der Waals surface area contributed by atoms with E-state index in [1.54, 1.807) is 29.1 Å². The summed E-state index contributed by atoms with van der Waals surface area (Å²) >= 11 is 0. The lowest BCUT2D eigenvalue weighted by atomic mass is 10.2. The van der Waals surface area contributed by atoms with Gasteiger partial charge in [-0.25, -0.2) is 13.1 Å². The second kappa shape index (κ2) is 9.45. The maximum absolute atomic E-state index is 13.0. The lowest BCUT2D eigenvalue weighted by Gasteiger charge is -2.20. The largest absolute Gasteiger partial charge is 0.348 e. The first kappa shape index (κ1) is 21.3. The maximum atomic E-state index is 13.0. The number of sulfonamides is 1. The minimum absolute atomic E-state index is 0.166. The average Bonchev–Trinajstić information content (AvgIpc) is 3.10. The lowest BCUT2D eigenvalue weighted by molar-refractivity contribution is 0.0950. The molecule has 7 nitrogen and oxygen atoms in total. The molecule has 1 N–H and O–H groups in total. The van der Waals surface area contributed by atoms with E-state index in [-0.39, 0.29) is 10.8 Å². The third-order valence-corrected chi connectivity index (χ3v) is 7.30. The molecule has 2 heterocycles. The molecule has 0 atom stereocenters. The average molecular weight is 439 g/mol. The zero-order chi connectivity index (χ0) is 21.7. The van der Waals surface area contributed by atoms with Crippen LogP contribution in [-0.4, -0.2) is 41.5 Å². The molecule has 3 aromatic rings. The predicted molar refractivity (Wildman–Crippen MR) is 118 cm³/mol. The van der Waals surface area contributed by atoms with Crippen LogP contribution < -0.4 is 5.32 Å². The fourth-order valence-corrected chi connectivity index (χ4v) is 5.25. The Balaban J connectivity index is 1.43. The van der Waals surface area contributed by atoms with E-state index in [1.807, 2.05) is 36.5 Å². The second-order valence-corrected chi connectivity index (χ2v) is 9.60. The highest BCUT2D eigenvalue weighted by Gasteiger charge is 2.25. The van der Waals surface area contributed by atoms with Crippen LogP contribution in [0.25, 0.3) is 5.69 Å². The van der Waals surface area contributed by atoms with Gasteiger partial charge in [-0.3, -0.25) is 4.79 Å². The van der Waals surface area contributed by atoms with Gasteiger partial charge in [-0.15, -0.1) is 0 Å². The highest BCUT2D eigenvalue weighted by Crippen LogP contribution is 2.21. The predicted octanol–water partition coefficient (Wildman–Crippen LogP) is 3.37. The van der Waals surface area contributed by atoms with Crippen molar-refractivity contribution in [2.75, 3.05) is 13.1 Å². The van der Waals surface area contributed by atoms with Crippen molar-refractivity contribution >= 4 is 15.9 Å². The van der Waals surface area contributed by atoms with Crippen LogP contribution >= 0.6 is 0 Å². The quantitative estimate of drug-likeness (QED) is 0.640. The molecule has 1 fully saturated rings. The molecule has 2 aromatic carbocycles. The van der Waals surface area contributed by atoms with Gasteiger partial charge in [-0.2, -0.15) is 9.40 Å². The summed E-state index contributed by atoms with van der Waals surface area (Å²) in [5.41, 5.74) is 2.11. The molecular formula is C23H26N4O3S. The van der Waals surface area contributed by atoms with Gasteiger partial charge in [-0.05, 0) is 43.2 Å². The Morgan fingerprint density at radius 1 is 0.968 bits per heavy atom. The number of aromatic nitrogens is 2. The van der Waals surface area contributed by atoms with Crippen LogP contribution in [-0.2, 0) is 16.6 Å². The van der Waals surface area contributed by atoms with Gasteiger partial charge in [0.05, 0.1) is 16.8 Å². The standard InChI is InChI=1S/C23H26N4O3S/c28-23(24-16-19-17-25-27(18-19)21-10-4-3-5-11-21)20-9-8-12-22(15-20)31(29,30)26-13-6-1-2-7-14-26/h3-5,8-12,15,17-18H,1-2,6-7,13-14,16H2,(H,24,28). The number of benzene rings is 2. The second-order valence-electron chi connectivity index (χ2n) is 7.66. The molecule has 31 heavy (non-hydrogen) atoms. The van der Waals surface area contributed by atoms with E-state index >= 15 is 0 Å². The first-order valence-electron chi connectivity index (χ1n) is 10.5. The number of hydrogen-bond acceptors (Lipinski definition) is 4. The maximum Gasteiger partial charge on any atom is 0.251 e. The molecule has 1 aliphatic rings. The zero-order valence-electron chi connectivity index (χ0n) is 17.3. The van der Waals surface area contributed by atoms with E-state index in [0.717, 1.165) is 36.9 Å². The van der Waals surface area contributed by atoms with E-state index in [4.69, 9.17) is 0 Å². The van der Waals surface area contributed by atoms with Gasteiger partial charge >= 0.3 is 0 Å². The number of nitrogens with zero attached hydrogens (tertiary/aromatic N) is 3. The summed E-state index contributed by atoms with van der Waals surface area (Å²) in [6.45, 7) is 1.36. The van der Waals surface area contributed by atoms with Crippen molar-refractivity contribution in [3.8, 4) is 5.69 Å². The SMILES string of the molecule is O=C(NCc1cnn(-c2ccccc2)c1)c1cccc(S(=O)(=O)N2CCCCCC2)c1. The van der Waals surface area contributed by atoms with Gasteiger partial charge in [0.15, 0.2) is 0 Å². The Kier molecular flexibility index (Phi) is 6.48. The number of nitrogens with one attached hydrogen (secondary N) is 1. The Hall–Kier alpha value is -2.97. The smallest absolute Gasteiger partial charge is 0.251 e. The summed E-state index contributed by atoms with van der Waals surface area (Å²) in [6.07, 6.45) is 7.40. The molecular weight excluding hydrogens is 412 g/mol. The van der Waals surface area contributed by atoms with Crippen LogP contribution in [0.1, 0.15) is 41.6 Å². The van der Waals surface area contributed by atoms with Crippen molar-refractivity contribution in [3.63, 3.8) is 0 Å². The van der Waals surface area contributed by atoms with Gasteiger partial charge in [-0.1, -0.05) is 37.1 Å². The molecule has 1 amide bonds. The number of amides is 1. The highest BCUT2D eigenvalue weighted by atomic mass is 32.2. The number of para-hydroxylation sites is 1. The first-order valence-corrected chi connectivity index (χ1v) is 12.0. The number of rotatable bonds is 6. The van der Waals surface area contributed by atoms with Crippen molar-refractivity contribution in [2.24, 2.45) is 0 Å². The zero-order valence-corrected chi connectivity index (χ0v) is 18.1. The third kappa shape index (κ3) is 5.03. The Labute approximate surface area is 182 Å². The van der Waals surface area contributed by atoms with E-state index < -0.39 is 10.0 Å². The molecule has 1 aliphatic heterocycles. The molecule has 0 radical (unpaired) electrons. The van der Waals surface area contributed by atoms with E-state index in [2.05, 4.69) is 10.4 Å². The van der Waals surface area contributed by atoms with Crippen LogP contribution in [0.2, 0.25) is 0 Å². The highest BCUT2D eigenvalue weighted by molar-refractivity contribution is 7.89. The summed E-state index contributed by atoms with van der Waals surface area (Å²) in [5.74, 6) is -0.319. The van der Waals surface area contributed by atoms with E-state index in [9.17, 15) is 13.2 Å². The summed E-state index contributed by atoms with van der Waals surface area (Å²) in [7, 11) is -3.60. The van der Waals surface area contributed by atoms with Crippen LogP contribution in [0.4, 0.5) is 0 Å². The van der Waals surface area contributed by atoms with Gasteiger partial charge in [0.1, 0.15) is 0 Å². The van der Waals surface area contributed by atoms with Gasteiger partial charge in [0.25, 0.3) is 5.91 Å². The van der Waals surface area contributed by atoms with Crippen molar-refractivity contribution in [1.29, 1.82) is 0 Å². The van der Waals surface area contributed by atoms with Crippen LogP contribution in [0.3, 0.4) is 0 Å². The molecule has 0 saturated carbocycles. The minimum Gasteiger partial charge on any atom is -0.348 e. The first-order chi connectivity index (χ1) is 15.0. The number of hydrogen-bond donors (Lipinski definition) is 1. The number of carbonyl (C=O) groups is 1. The lowest BCUT2D eigenvalue weighted by Crippen LogP contribution is -2.32. The fraction of sp³-hybridized carbons (Fsp3) is 0.304. The normalized spacial score (nSPS) is 15.4. The summed E-state index contributed by atoms with van der Waals surface area (Å²) < 4.78 is 29.3. The molecule has 1 aromatic heterocycles. The molecule has 0 aliphatic carbocycles. The monoisotopic (exact) mass is 438 g/mol.